The summed E-state index contributed by atoms with van der Waals surface area (Å²) >= 11 is 0. The summed E-state index contributed by atoms with van der Waals surface area (Å²) in [6.07, 6.45) is 8.63. The Kier molecular flexibility index (Phi) is 18.5. The zero-order valence-electron chi connectivity index (χ0n) is 54.6. The van der Waals surface area contributed by atoms with E-state index in [1.54, 1.807) is 16.7 Å². The van der Waals surface area contributed by atoms with E-state index in [1.807, 2.05) is 62.3 Å². The number of ether oxygens (including phenoxy) is 7. The molecule has 25 unspecified atom stereocenters. The quantitative estimate of drug-likeness (QED) is 0.0779. The summed E-state index contributed by atoms with van der Waals surface area (Å²) in [5.74, 6) is -13.2. The highest BCUT2D eigenvalue weighted by Gasteiger charge is 2.75. The number of hydrogen-bond donors (Lipinski definition) is 2. The molecule has 3 aliphatic heterocycles. The molecule has 0 aromatic carbocycles. The van der Waals surface area contributed by atoms with Gasteiger partial charge in [0.1, 0.15) is 23.4 Å². The maximum absolute atomic E-state index is 15.7. The van der Waals surface area contributed by atoms with Crippen LogP contribution in [0.1, 0.15) is 172 Å². The molecule has 8 aliphatic carbocycles. The van der Waals surface area contributed by atoms with E-state index in [0.29, 0.717) is 64.5 Å². The van der Waals surface area contributed by atoms with Gasteiger partial charge in [0.25, 0.3) is 0 Å². The molecule has 11 rings (SSSR count). The number of rotatable bonds is 17. The molecule has 11 aliphatic rings. The van der Waals surface area contributed by atoms with Gasteiger partial charge < -0.3 is 53.2 Å². The second-order valence-electron chi connectivity index (χ2n) is 32.4. The van der Waals surface area contributed by atoms with Gasteiger partial charge in [0.2, 0.25) is 0 Å². The minimum Gasteiger partial charge on any atom is -0.481 e. The van der Waals surface area contributed by atoms with E-state index >= 15 is 9.59 Å². The van der Waals surface area contributed by atoms with Crippen molar-refractivity contribution < 1.29 is 86.5 Å². The van der Waals surface area contributed by atoms with Gasteiger partial charge in [0.15, 0.2) is 0 Å². The number of carboxylic acid groups (broad SMARTS) is 1. The average Bonchev–Trinajstić information content (AvgIpc) is 1.53. The number of fused-ring (bicyclic) bond motifs is 8. The van der Waals surface area contributed by atoms with E-state index in [-0.39, 0.29) is 116 Å². The van der Waals surface area contributed by atoms with Crippen molar-refractivity contribution >= 4 is 54.0 Å². The number of aliphatic carboxylic acids is 1. The average molecular weight is 1250 g/mol. The number of likely N-dealkylation sites (tertiary alicyclic amines) is 2. The fourth-order valence-corrected chi connectivity index (χ4v) is 21.7. The van der Waals surface area contributed by atoms with Crippen molar-refractivity contribution in [2.75, 3.05) is 39.5 Å². The summed E-state index contributed by atoms with van der Waals surface area (Å²) in [6, 6.07) is -0.561. The van der Waals surface area contributed by atoms with Gasteiger partial charge in [-0.1, -0.05) is 13.8 Å². The first-order valence-corrected chi connectivity index (χ1v) is 34.3. The molecule has 3 heterocycles. The lowest BCUT2D eigenvalue weighted by Gasteiger charge is -2.54. The van der Waals surface area contributed by atoms with E-state index < -0.39 is 130 Å². The largest absolute Gasteiger partial charge is 0.481 e. The second-order valence-corrected chi connectivity index (χ2v) is 32.4. The van der Waals surface area contributed by atoms with Crippen LogP contribution in [-0.4, -0.2) is 142 Å². The molecular formula is C69H102N2O18. The van der Waals surface area contributed by atoms with Crippen LogP contribution in [0.25, 0.3) is 0 Å². The number of amides is 2. The Hall–Kier alpha value is -5.01. The van der Waals surface area contributed by atoms with Crippen LogP contribution >= 0.6 is 0 Å². The fraction of sp³-hybridized carbons (Fsp3) is 0.870. The highest BCUT2D eigenvalue weighted by molar-refractivity contribution is 5.96. The monoisotopic (exact) mass is 1250 g/mol. The van der Waals surface area contributed by atoms with E-state index in [0.717, 1.165) is 44.9 Å². The minimum absolute atomic E-state index is 0.0323. The highest BCUT2D eigenvalue weighted by Crippen LogP contribution is 2.76. The summed E-state index contributed by atoms with van der Waals surface area (Å²) < 4.78 is 41.8. The Bertz CT molecular complexity index is 2730. The second kappa shape index (κ2) is 25.1. The molecule has 496 valence electrons. The summed E-state index contributed by atoms with van der Waals surface area (Å²) in [4.78, 5) is 133. The van der Waals surface area contributed by atoms with Crippen LogP contribution in [0.15, 0.2) is 0 Å². The topological polar surface area (TPSA) is 265 Å². The Balaban J connectivity index is 0.974. The lowest BCUT2D eigenvalue weighted by atomic mass is 9.50. The molecule has 8 saturated carbocycles. The first-order chi connectivity index (χ1) is 42.0. The molecule has 8 bridgehead atoms. The Labute approximate surface area is 525 Å². The van der Waals surface area contributed by atoms with Crippen molar-refractivity contribution in [1.29, 1.82) is 0 Å². The van der Waals surface area contributed by atoms with Crippen LogP contribution in [-0.2, 0) is 66.7 Å². The van der Waals surface area contributed by atoms with Crippen molar-refractivity contribution in [3.63, 3.8) is 0 Å². The van der Waals surface area contributed by atoms with Crippen LogP contribution in [0.4, 0.5) is 9.59 Å². The Morgan fingerprint density at radius 3 is 1.42 bits per heavy atom. The van der Waals surface area contributed by atoms with E-state index in [4.69, 9.17) is 33.2 Å². The molecule has 20 heteroatoms. The highest BCUT2D eigenvalue weighted by atomic mass is 16.6. The molecule has 20 nitrogen and oxygen atoms in total. The number of aliphatic hydroxyl groups is 1. The fourth-order valence-electron chi connectivity index (χ4n) is 21.7. The third kappa shape index (κ3) is 12.6. The number of carboxylic acids is 1. The van der Waals surface area contributed by atoms with Gasteiger partial charge in [-0.3, -0.25) is 33.6 Å². The molecule has 2 amide bonds. The van der Waals surface area contributed by atoms with Gasteiger partial charge in [0, 0.05) is 38.0 Å². The van der Waals surface area contributed by atoms with Crippen molar-refractivity contribution in [1.82, 2.24) is 9.80 Å². The summed E-state index contributed by atoms with van der Waals surface area (Å²) in [5, 5.41) is 21.1. The zero-order chi connectivity index (χ0) is 64.1. The predicted octanol–water partition coefficient (Wildman–Crippen LogP) is 9.53. The van der Waals surface area contributed by atoms with E-state index in [9.17, 15) is 43.8 Å². The summed E-state index contributed by atoms with van der Waals surface area (Å²) in [7, 11) is 0. The maximum atomic E-state index is 15.7. The molecule has 89 heavy (non-hydrogen) atoms. The van der Waals surface area contributed by atoms with Crippen LogP contribution in [0, 0.1) is 136 Å². The maximum Gasteiger partial charge on any atom is 0.410 e. The van der Waals surface area contributed by atoms with Crippen molar-refractivity contribution in [3.05, 3.63) is 0 Å². The number of cyclic esters (lactones) is 2. The zero-order valence-corrected chi connectivity index (χ0v) is 54.6. The molecular weight excluding hydrogens is 1140 g/mol. The molecule has 0 aromatic heterocycles. The molecule has 0 spiro atoms. The van der Waals surface area contributed by atoms with E-state index in [1.165, 1.54) is 0 Å². The standard InChI is InChI=1S/C69H102N2O18/c1-33-35-26-41(45(27-35)61(77)87-67(3,4)5)48(33)50-37-29-42(44(31-37)60(76)85-25-22-72)52(50)51-36-28-40(43(30-36)58(73)74)53(51)55-47-32-46(54(55)49-34(2)59(75)86-64(49)80)56(62(78)83-23-18-38-16-12-14-20-70(38)65(81)88-68(6,7)8)57(47)63(79)84-24-19-39-17-13-15-21-71(39)66(82)89-69(9,10)11/h33-57,72H,12-32H2,1-11H3,(H,73,74). The number of esters is 6. The normalized spacial score (nSPS) is 41.2. The molecule has 3 saturated heterocycles. The Morgan fingerprint density at radius 1 is 0.483 bits per heavy atom. The first kappa shape index (κ1) is 65.5. The Morgan fingerprint density at radius 2 is 0.921 bits per heavy atom. The van der Waals surface area contributed by atoms with Gasteiger partial charge in [-0.15, -0.1) is 0 Å². The number of nitrogens with zero attached hydrogens (tertiary/aromatic N) is 2. The summed E-state index contributed by atoms with van der Waals surface area (Å²) in [6.45, 7) is 20.9. The van der Waals surface area contributed by atoms with Gasteiger partial charge in [-0.05, 0) is 240 Å². The van der Waals surface area contributed by atoms with Crippen molar-refractivity contribution in [2.45, 2.75) is 201 Å². The van der Waals surface area contributed by atoms with Gasteiger partial charge in [-0.25, -0.2) is 9.59 Å². The van der Waals surface area contributed by atoms with Crippen molar-refractivity contribution in [3.8, 4) is 0 Å². The van der Waals surface area contributed by atoms with Crippen LogP contribution in [0.5, 0.6) is 0 Å². The van der Waals surface area contributed by atoms with Gasteiger partial charge in [-0.2, -0.15) is 0 Å². The number of aliphatic hydroxyl groups excluding tert-OH is 1. The number of piperidine rings is 2. The molecule has 25 atom stereocenters. The van der Waals surface area contributed by atoms with Crippen molar-refractivity contribution in [2.24, 2.45) is 136 Å². The molecule has 0 aromatic rings. The van der Waals surface area contributed by atoms with Crippen LogP contribution < -0.4 is 0 Å². The predicted molar refractivity (Wildman–Crippen MR) is 319 cm³/mol. The third-order valence-corrected chi connectivity index (χ3v) is 24.3. The van der Waals surface area contributed by atoms with Gasteiger partial charge in [0.05, 0.1) is 61.2 Å². The number of carbonyl (C=O) groups is 9. The smallest absolute Gasteiger partial charge is 0.410 e. The van der Waals surface area contributed by atoms with E-state index in [2.05, 4.69) is 6.92 Å². The molecule has 2 N–H and O–H groups in total. The lowest BCUT2D eigenvalue weighted by Crippen LogP contribution is -2.54. The third-order valence-electron chi connectivity index (χ3n) is 24.3. The summed E-state index contributed by atoms with van der Waals surface area (Å²) in [5.41, 5.74) is -2.14. The van der Waals surface area contributed by atoms with Crippen LogP contribution in [0.2, 0.25) is 0 Å². The van der Waals surface area contributed by atoms with Gasteiger partial charge >= 0.3 is 54.0 Å². The SMILES string of the molecule is CC1C(=O)OC(=O)C1C1C2CC(C(C(=O)OCCC3CCCCN3C(=O)OC(C)(C)C)C2C(=O)OCCC2CCCCN2C(=O)OC(C)(C)C)C1C1C2CC(CC2C(=O)O)C1C1C2CC(CC2C(=O)OCCO)C1C1C(C)C2CC(C(=O)OC(C)(C)C)C1C2. The molecule has 11 fully saturated rings. The number of carbonyl (C=O) groups excluding carboxylic acids is 8. The molecule has 0 radical (unpaired) electrons. The first-order valence-electron chi connectivity index (χ1n) is 34.3. The number of hydrogen-bond acceptors (Lipinski definition) is 17. The minimum atomic E-state index is -1.13. The lowest BCUT2D eigenvalue weighted by molar-refractivity contribution is -0.173. The van der Waals surface area contributed by atoms with Crippen LogP contribution in [0.3, 0.4) is 0 Å².